The molecule has 0 unspecified atom stereocenters. The predicted octanol–water partition coefficient (Wildman–Crippen LogP) is 2.40. The number of nitrogens with zero attached hydrogens (tertiary/aromatic N) is 1. The molecule has 0 saturated carbocycles. The van der Waals surface area contributed by atoms with Crippen molar-refractivity contribution < 1.29 is 19.1 Å². The number of carboxylic acids is 1. The number of hydrogen-bond acceptors (Lipinski definition) is 2. The number of hydrogen-bond donors (Lipinski definition) is 1. The van der Waals surface area contributed by atoms with Gasteiger partial charge >= 0.3 is 5.97 Å². The van der Waals surface area contributed by atoms with Crippen molar-refractivity contribution in [1.82, 2.24) is 4.57 Å². The number of benzene rings is 1. The molecule has 2 aromatic rings. The Morgan fingerprint density at radius 2 is 1.89 bits per heavy atom. The number of carboxylic acid groups (broad SMARTS) is 1. The fourth-order valence-corrected chi connectivity index (χ4v) is 1.80. The number of carbonyl (C=O) groups is 2. The monoisotopic (exact) mass is 261 g/mol. The van der Waals surface area contributed by atoms with Gasteiger partial charge < -0.3 is 9.67 Å². The number of halogens is 1. The minimum absolute atomic E-state index is 0.0101. The molecule has 1 aromatic carbocycles. The lowest BCUT2D eigenvalue weighted by atomic mass is 10.0. The summed E-state index contributed by atoms with van der Waals surface area (Å²) in [5.74, 6) is -1.97. The maximum atomic E-state index is 13.4. The summed E-state index contributed by atoms with van der Waals surface area (Å²) in [6, 6.07) is 5.48. The molecule has 1 N–H and O–H groups in total. The average Bonchev–Trinajstić information content (AvgIpc) is 2.74. The Hall–Kier alpha value is -2.43. The third-order valence-corrected chi connectivity index (χ3v) is 2.92. The lowest BCUT2D eigenvalue weighted by Gasteiger charge is -2.00. The lowest BCUT2D eigenvalue weighted by Crippen LogP contribution is -2.02. The van der Waals surface area contributed by atoms with Gasteiger partial charge in [-0.2, -0.15) is 0 Å². The molecule has 2 rings (SSSR count). The van der Waals surface area contributed by atoms with Crippen LogP contribution in [0.3, 0.4) is 0 Å². The Balaban J connectivity index is 2.41. The average molecular weight is 261 g/mol. The van der Waals surface area contributed by atoms with E-state index in [0.29, 0.717) is 5.56 Å². The van der Waals surface area contributed by atoms with Crippen LogP contribution < -0.4 is 0 Å². The summed E-state index contributed by atoms with van der Waals surface area (Å²) in [5.41, 5.74) is 0.889. The molecule has 0 bridgehead atoms. The van der Waals surface area contributed by atoms with Crippen LogP contribution in [0.2, 0.25) is 0 Å². The maximum absolute atomic E-state index is 13.4. The van der Waals surface area contributed by atoms with Crippen molar-refractivity contribution >= 4 is 11.8 Å². The first-order chi connectivity index (χ1) is 8.90. The van der Waals surface area contributed by atoms with Crippen molar-refractivity contribution in [1.29, 1.82) is 0 Å². The van der Waals surface area contributed by atoms with Gasteiger partial charge in [0.2, 0.25) is 0 Å². The summed E-state index contributed by atoms with van der Waals surface area (Å²) in [7, 11) is 1.54. The molecular formula is C14H12FNO3. The highest BCUT2D eigenvalue weighted by molar-refractivity contribution is 6.10. The van der Waals surface area contributed by atoms with Crippen molar-refractivity contribution in [2.24, 2.45) is 7.05 Å². The first-order valence-corrected chi connectivity index (χ1v) is 5.60. The van der Waals surface area contributed by atoms with Crippen LogP contribution in [-0.2, 0) is 7.05 Å². The minimum Gasteiger partial charge on any atom is -0.477 e. The molecule has 98 valence electrons. The highest BCUT2D eigenvalue weighted by Gasteiger charge is 2.17. The van der Waals surface area contributed by atoms with Gasteiger partial charge in [0, 0.05) is 24.4 Å². The summed E-state index contributed by atoms with van der Waals surface area (Å²) in [6.07, 6.45) is 1.42. The van der Waals surface area contributed by atoms with Crippen LogP contribution in [0.15, 0.2) is 30.5 Å². The number of ketones is 1. The molecule has 0 fully saturated rings. The van der Waals surface area contributed by atoms with Crippen LogP contribution >= 0.6 is 0 Å². The highest BCUT2D eigenvalue weighted by atomic mass is 19.1. The summed E-state index contributed by atoms with van der Waals surface area (Å²) in [5, 5.41) is 8.92. The zero-order chi connectivity index (χ0) is 14.2. The van der Waals surface area contributed by atoms with Gasteiger partial charge in [-0.05, 0) is 24.6 Å². The maximum Gasteiger partial charge on any atom is 0.352 e. The smallest absolute Gasteiger partial charge is 0.352 e. The topological polar surface area (TPSA) is 59.3 Å². The molecule has 5 heteroatoms. The molecule has 19 heavy (non-hydrogen) atoms. The fourth-order valence-electron chi connectivity index (χ4n) is 1.80. The number of aromatic carboxylic acids is 1. The van der Waals surface area contributed by atoms with Crippen LogP contribution in [0.1, 0.15) is 32.0 Å². The van der Waals surface area contributed by atoms with Crippen LogP contribution in [0, 0.1) is 12.7 Å². The SMILES string of the molecule is Cc1ccc(C(=O)c2cc(C(=O)O)n(C)c2)cc1F. The second-order valence-electron chi connectivity index (χ2n) is 4.32. The van der Waals surface area contributed by atoms with Gasteiger partial charge in [0.1, 0.15) is 11.5 Å². The van der Waals surface area contributed by atoms with E-state index in [1.54, 1.807) is 6.92 Å². The molecule has 0 radical (unpaired) electrons. The molecule has 0 saturated heterocycles. The van der Waals surface area contributed by atoms with Crippen LogP contribution in [-0.4, -0.2) is 21.4 Å². The normalized spacial score (nSPS) is 10.5. The lowest BCUT2D eigenvalue weighted by molar-refractivity contribution is 0.0686. The summed E-state index contributed by atoms with van der Waals surface area (Å²) >= 11 is 0. The Morgan fingerprint density at radius 1 is 1.21 bits per heavy atom. The molecule has 4 nitrogen and oxygen atoms in total. The molecule has 0 amide bonds. The standard InChI is InChI=1S/C14H12FNO3/c1-8-3-4-9(5-11(8)15)13(17)10-6-12(14(18)19)16(2)7-10/h3-7H,1-2H3,(H,18,19). The van der Waals surface area contributed by atoms with Crippen LogP contribution in [0.25, 0.3) is 0 Å². The highest BCUT2D eigenvalue weighted by Crippen LogP contribution is 2.16. The van der Waals surface area contributed by atoms with E-state index in [2.05, 4.69) is 0 Å². The Labute approximate surface area is 109 Å². The Bertz CT molecular complexity index is 673. The van der Waals surface area contributed by atoms with Gasteiger partial charge in [0.15, 0.2) is 5.78 Å². The summed E-state index contributed by atoms with van der Waals surface area (Å²) < 4.78 is 14.8. The number of aromatic nitrogens is 1. The molecule has 1 aromatic heterocycles. The van der Waals surface area contributed by atoms with E-state index >= 15 is 0 Å². The number of aryl methyl sites for hydroxylation is 2. The molecular weight excluding hydrogens is 249 g/mol. The second-order valence-corrected chi connectivity index (χ2v) is 4.32. The van der Waals surface area contributed by atoms with Crippen LogP contribution in [0.4, 0.5) is 4.39 Å². The second kappa shape index (κ2) is 4.68. The largest absolute Gasteiger partial charge is 0.477 e. The van der Waals surface area contributed by atoms with E-state index in [9.17, 15) is 14.0 Å². The molecule has 0 aliphatic heterocycles. The van der Waals surface area contributed by atoms with Crippen molar-refractivity contribution in [2.45, 2.75) is 6.92 Å². The molecule has 0 aliphatic rings. The van der Waals surface area contributed by atoms with Gasteiger partial charge in [-0.1, -0.05) is 12.1 Å². The van der Waals surface area contributed by atoms with E-state index in [0.717, 1.165) is 6.07 Å². The van der Waals surface area contributed by atoms with E-state index in [1.807, 2.05) is 0 Å². The van der Waals surface area contributed by atoms with E-state index in [4.69, 9.17) is 5.11 Å². The van der Waals surface area contributed by atoms with Gasteiger partial charge in [-0.3, -0.25) is 4.79 Å². The number of rotatable bonds is 3. The zero-order valence-electron chi connectivity index (χ0n) is 10.5. The quantitative estimate of drug-likeness (QED) is 0.863. The van der Waals surface area contributed by atoms with Crippen molar-refractivity contribution in [3.8, 4) is 0 Å². The first kappa shape index (κ1) is 13.0. The molecule has 0 spiro atoms. The fraction of sp³-hybridized carbons (Fsp3) is 0.143. The van der Waals surface area contributed by atoms with E-state index < -0.39 is 17.6 Å². The zero-order valence-corrected chi connectivity index (χ0v) is 10.5. The minimum atomic E-state index is -1.11. The van der Waals surface area contributed by atoms with Gasteiger partial charge in [-0.25, -0.2) is 9.18 Å². The summed E-state index contributed by atoms with van der Waals surface area (Å²) in [6.45, 7) is 1.61. The Kier molecular flexibility index (Phi) is 3.21. The third kappa shape index (κ3) is 2.40. The summed E-state index contributed by atoms with van der Waals surface area (Å²) in [4.78, 5) is 23.0. The van der Waals surface area contributed by atoms with E-state index in [1.165, 1.54) is 36.0 Å². The first-order valence-electron chi connectivity index (χ1n) is 5.60. The number of carbonyl (C=O) groups excluding carboxylic acids is 1. The van der Waals surface area contributed by atoms with Gasteiger partial charge in [0.05, 0.1) is 0 Å². The van der Waals surface area contributed by atoms with Gasteiger partial charge in [0.25, 0.3) is 0 Å². The van der Waals surface area contributed by atoms with Crippen molar-refractivity contribution in [2.75, 3.05) is 0 Å². The van der Waals surface area contributed by atoms with Crippen LogP contribution in [0.5, 0.6) is 0 Å². The molecule has 1 heterocycles. The van der Waals surface area contributed by atoms with Crippen molar-refractivity contribution in [3.63, 3.8) is 0 Å². The van der Waals surface area contributed by atoms with Crippen molar-refractivity contribution in [3.05, 3.63) is 58.7 Å². The molecule has 0 atom stereocenters. The van der Waals surface area contributed by atoms with E-state index in [-0.39, 0.29) is 16.8 Å². The predicted molar refractivity (Wildman–Crippen MR) is 66.9 cm³/mol. The Morgan fingerprint density at radius 3 is 2.42 bits per heavy atom. The van der Waals surface area contributed by atoms with Gasteiger partial charge in [-0.15, -0.1) is 0 Å². The third-order valence-electron chi connectivity index (χ3n) is 2.92. The molecule has 0 aliphatic carbocycles.